The molecule has 2 aromatic carbocycles. The minimum absolute atomic E-state index is 0.173. The molecule has 0 atom stereocenters. The van der Waals surface area contributed by atoms with E-state index in [1.165, 1.54) is 0 Å². The summed E-state index contributed by atoms with van der Waals surface area (Å²) in [5.41, 5.74) is 2.11. The lowest BCUT2D eigenvalue weighted by Gasteiger charge is -2.29. The lowest BCUT2D eigenvalue weighted by molar-refractivity contribution is 0.0823. The number of nitrogens with zero attached hydrogens (tertiary/aromatic N) is 1. The van der Waals surface area contributed by atoms with E-state index in [1.54, 1.807) is 52.7 Å². The van der Waals surface area contributed by atoms with Crippen molar-refractivity contribution in [3.63, 3.8) is 0 Å². The second-order valence-electron chi connectivity index (χ2n) is 7.49. The Bertz CT molecular complexity index is 1020. The van der Waals surface area contributed by atoms with Gasteiger partial charge in [0.15, 0.2) is 17.3 Å². The van der Waals surface area contributed by atoms with Crippen LogP contribution >= 0.6 is 0 Å². The van der Waals surface area contributed by atoms with Gasteiger partial charge in [0.2, 0.25) is 11.5 Å². The van der Waals surface area contributed by atoms with Crippen molar-refractivity contribution in [2.24, 2.45) is 0 Å². The molecule has 8 heteroatoms. The van der Waals surface area contributed by atoms with Crippen molar-refractivity contribution in [3.8, 4) is 28.7 Å². The maximum atomic E-state index is 13.1. The van der Waals surface area contributed by atoms with Crippen LogP contribution < -0.4 is 23.7 Å². The molecule has 2 heterocycles. The van der Waals surface area contributed by atoms with Crippen LogP contribution in [-0.2, 0) is 11.3 Å². The average Bonchev–Trinajstić information content (AvgIpc) is 3.14. The molecular weight excluding hydrogens is 414 g/mol. The summed E-state index contributed by atoms with van der Waals surface area (Å²) >= 11 is 0. The third-order valence-electron chi connectivity index (χ3n) is 5.49. The Labute approximate surface area is 187 Å². The molecule has 32 heavy (non-hydrogen) atoms. The zero-order valence-corrected chi connectivity index (χ0v) is 18.7. The van der Waals surface area contributed by atoms with Gasteiger partial charge in [0, 0.05) is 26.8 Å². The fourth-order valence-corrected chi connectivity index (χ4v) is 3.92. The molecule has 170 valence electrons. The van der Waals surface area contributed by atoms with Crippen LogP contribution in [0, 0.1) is 0 Å². The lowest BCUT2D eigenvalue weighted by atomic mass is 10.0. The summed E-state index contributed by atoms with van der Waals surface area (Å²) < 4.78 is 33.3. The molecule has 0 spiro atoms. The van der Waals surface area contributed by atoms with Crippen LogP contribution in [0.5, 0.6) is 28.7 Å². The number of ketones is 1. The number of carbonyl (C=O) groups is 1. The topological polar surface area (TPSA) is 75.7 Å². The molecule has 0 saturated heterocycles. The molecule has 0 aromatic heterocycles. The summed E-state index contributed by atoms with van der Waals surface area (Å²) in [5, 5.41) is 0. The van der Waals surface area contributed by atoms with Crippen LogP contribution in [-0.4, -0.2) is 59.0 Å². The van der Waals surface area contributed by atoms with Crippen molar-refractivity contribution in [2.75, 3.05) is 48.3 Å². The van der Waals surface area contributed by atoms with E-state index in [9.17, 15) is 4.79 Å². The normalized spacial score (nSPS) is 16.2. The van der Waals surface area contributed by atoms with Gasteiger partial charge in [-0.25, -0.2) is 0 Å². The van der Waals surface area contributed by atoms with E-state index in [0.29, 0.717) is 54.0 Å². The molecule has 0 radical (unpaired) electrons. The number of benzene rings is 2. The van der Waals surface area contributed by atoms with E-state index in [2.05, 4.69) is 4.90 Å². The van der Waals surface area contributed by atoms with E-state index in [4.69, 9.17) is 28.4 Å². The Balaban J connectivity index is 1.63. The van der Waals surface area contributed by atoms with E-state index in [1.807, 2.05) is 6.07 Å². The summed E-state index contributed by atoms with van der Waals surface area (Å²) in [4.78, 5) is 15.2. The summed E-state index contributed by atoms with van der Waals surface area (Å²) in [7, 11) is 6.33. The van der Waals surface area contributed by atoms with Gasteiger partial charge >= 0.3 is 0 Å². The molecule has 0 unspecified atom stereocenters. The highest BCUT2D eigenvalue weighted by Crippen LogP contribution is 2.43. The van der Waals surface area contributed by atoms with Crippen molar-refractivity contribution in [3.05, 3.63) is 46.7 Å². The molecule has 0 fully saturated rings. The van der Waals surface area contributed by atoms with Crippen molar-refractivity contribution in [2.45, 2.75) is 13.0 Å². The fraction of sp³-hybridized carbons (Fsp3) is 0.375. The zero-order valence-electron chi connectivity index (χ0n) is 18.7. The van der Waals surface area contributed by atoms with Gasteiger partial charge in [-0.1, -0.05) is 0 Å². The molecular formula is C24H27NO7. The molecule has 0 aliphatic carbocycles. The number of hydrogen-bond acceptors (Lipinski definition) is 8. The first kappa shape index (κ1) is 22.0. The third kappa shape index (κ3) is 4.11. The minimum Gasteiger partial charge on any atom is -0.493 e. The van der Waals surface area contributed by atoms with Crippen LogP contribution in [0.2, 0.25) is 0 Å². The van der Waals surface area contributed by atoms with Gasteiger partial charge < -0.3 is 28.4 Å². The Morgan fingerprint density at radius 1 is 1.06 bits per heavy atom. The molecule has 0 N–H and O–H groups in total. The molecule has 2 aromatic rings. The number of fused-ring (bicyclic) bond motifs is 3. The molecule has 0 saturated carbocycles. The third-order valence-corrected chi connectivity index (χ3v) is 5.49. The molecule has 0 amide bonds. The standard InChI is InChI=1S/C24H27NO7/c1-27-9-5-8-25-13-17-18(31-14-25)7-6-16-22(26)19(32-23(16)17)10-15-11-20(28-2)24(30-4)21(12-15)29-3/h6-7,10-12H,5,8-9,13-14H2,1-4H3. The average molecular weight is 441 g/mol. The van der Waals surface area contributed by atoms with Crippen molar-refractivity contribution in [1.82, 2.24) is 4.90 Å². The maximum absolute atomic E-state index is 13.1. The molecule has 0 bridgehead atoms. The Morgan fingerprint density at radius 2 is 1.81 bits per heavy atom. The SMILES string of the molecule is COCCCN1COc2ccc3c(c2C1)OC(=Cc1cc(OC)c(OC)c(OC)c1)C3=O. The van der Waals surface area contributed by atoms with Crippen LogP contribution in [0.1, 0.15) is 27.9 Å². The first-order chi connectivity index (χ1) is 15.6. The molecule has 8 nitrogen and oxygen atoms in total. The number of carbonyl (C=O) groups excluding carboxylic acids is 1. The highest BCUT2D eigenvalue weighted by atomic mass is 16.5. The van der Waals surface area contributed by atoms with Gasteiger partial charge in [-0.3, -0.25) is 9.69 Å². The first-order valence-corrected chi connectivity index (χ1v) is 10.3. The Kier molecular flexibility index (Phi) is 6.53. The number of ether oxygens (including phenoxy) is 6. The lowest BCUT2D eigenvalue weighted by Crippen LogP contribution is -2.33. The Hall–Kier alpha value is -3.23. The smallest absolute Gasteiger partial charge is 0.231 e. The molecule has 2 aliphatic heterocycles. The zero-order chi connectivity index (χ0) is 22.7. The predicted octanol–water partition coefficient (Wildman–Crippen LogP) is 3.52. The number of Topliss-reactive ketones (excluding diaryl/α,β-unsaturated/α-hetero) is 1. The van der Waals surface area contributed by atoms with Crippen LogP contribution in [0.4, 0.5) is 0 Å². The Morgan fingerprint density at radius 3 is 2.47 bits per heavy atom. The van der Waals surface area contributed by atoms with Gasteiger partial charge in [0.05, 0.1) is 32.5 Å². The summed E-state index contributed by atoms with van der Waals surface area (Å²) in [6.07, 6.45) is 2.58. The van der Waals surface area contributed by atoms with Crippen molar-refractivity contribution >= 4 is 11.9 Å². The monoisotopic (exact) mass is 441 g/mol. The predicted molar refractivity (Wildman–Crippen MR) is 118 cm³/mol. The summed E-state index contributed by atoms with van der Waals surface area (Å²) in [5.74, 6) is 2.85. The van der Waals surface area contributed by atoms with Gasteiger partial charge in [-0.05, 0) is 42.3 Å². The number of rotatable bonds is 8. The van der Waals surface area contributed by atoms with E-state index in [-0.39, 0.29) is 11.5 Å². The van der Waals surface area contributed by atoms with Gasteiger partial charge in [-0.2, -0.15) is 0 Å². The number of allylic oxidation sites excluding steroid dienone is 1. The highest BCUT2D eigenvalue weighted by Gasteiger charge is 2.33. The summed E-state index contributed by atoms with van der Waals surface area (Å²) in [6, 6.07) is 7.13. The van der Waals surface area contributed by atoms with Crippen LogP contribution in [0.3, 0.4) is 0 Å². The van der Waals surface area contributed by atoms with E-state index >= 15 is 0 Å². The van der Waals surface area contributed by atoms with Crippen LogP contribution in [0.25, 0.3) is 6.08 Å². The highest BCUT2D eigenvalue weighted by molar-refractivity contribution is 6.15. The minimum atomic E-state index is -0.173. The largest absolute Gasteiger partial charge is 0.493 e. The van der Waals surface area contributed by atoms with Gasteiger partial charge in [0.1, 0.15) is 18.2 Å². The maximum Gasteiger partial charge on any atom is 0.231 e. The second kappa shape index (κ2) is 9.50. The van der Waals surface area contributed by atoms with Crippen molar-refractivity contribution in [1.29, 1.82) is 0 Å². The quantitative estimate of drug-likeness (QED) is 0.455. The van der Waals surface area contributed by atoms with Crippen LogP contribution in [0.15, 0.2) is 30.0 Å². The molecule has 2 aliphatic rings. The van der Waals surface area contributed by atoms with Crippen molar-refractivity contribution < 1.29 is 33.2 Å². The first-order valence-electron chi connectivity index (χ1n) is 10.3. The fourth-order valence-electron chi connectivity index (χ4n) is 3.92. The summed E-state index contributed by atoms with van der Waals surface area (Å²) in [6.45, 7) is 2.66. The van der Waals surface area contributed by atoms with E-state index < -0.39 is 0 Å². The number of hydrogen-bond donors (Lipinski definition) is 0. The van der Waals surface area contributed by atoms with E-state index in [0.717, 1.165) is 24.3 Å². The van der Waals surface area contributed by atoms with Gasteiger partial charge in [0.25, 0.3) is 0 Å². The second-order valence-corrected chi connectivity index (χ2v) is 7.49. The number of methoxy groups -OCH3 is 4. The van der Waals surface area contributed by atoms with Gasteiger partial charge in [-0.15, -0.1) is 0 Å². The molecule has 4 rings (SSSR count).